The topological polar surface area (TPSA) is 22.9 Å². The number of hydrogen-bond donors (Lipinski definition) is 1. The number of ether oxygens (including phenoxy) is 2. The second-order valence-electron chi connectivity index (χ2n) is 5.77. The van der Waals surface area contributed by atoms with Crippen molar-refractivity contribution in [2.75, 3.05) is 39.5 Å². The van der Waals surface area contributed by atoms with Crippen LogP contribution in [-0.2, 0) is 4.74 Å². The summed E-state index contributed by atoms with van der Waals surface area (Å²) < 4.78 is 11.2. The Bertz CT molecular complexity index is 400. The van der Waals surface area contributed by atoms with Gasteiger partial charge in [-0.2, -0.15) is 0 Å². The molecule has 0 bridgehead atoms. The molecule has 1 aromatic rings. The molecule has 0 radical (unpaired) electrons. The van der Waals surface area contributed by atoms with Crippen LogP contribution in [0.4, 0.5) is 0 Å². The van der Waals surface area contributed by atoms with Gasteiger partial charge in [0.25, 0.3) is 0 Å². The van der Waals surface area contributed by atoms with Crippen LogP contribution < -0.4 is 9.64 Å². The third-order valence-electron chi connectivity index (χ3n) is 4.12. The van der Waals surface area contributed by atoms with Crippen LogP contribution in [-0.4, -0.2) is 39.5 Å². The number of morpholine rings is 1. The quantitative estimate of drug-likeness (QED) is 0.768. The lowest BCUT2D eigenvalue weighted by molar-refractivity contribution is -0.908. The summed E-state index contributed by atoms with van der Waals surface area (Å²) in [6.07, 6.45) is 3.71. The van der Waals surface area contributed by atoms with Crippen molar-refractivity contribution in [3.63, 3.8) is 0 Å². The molecule has 1 aromatic carbocycles. The highest BCUT2D eigenvalue weighted by Gasteiger charge is 2.12. The Kier molecular flexibility index (Phi) is 6.34. The number of nitrogens with one attached hydrogen (secondary N) is 1. The summed E-state index contributed by atoms with van der Waals surface area (Å²) in [5.41, 5.74) is 2.63. The fourth-order valence-electron chi connectivity index (χ4n) is 2.56. The van der Waals surface area contributed by atoms with E-state index in [0.29, 0.717) is 0 Å². The molecule has 112 valence electrons. The molecule has 20 heavy (non-hydrogen) atoms. The first kappa shape index (κ1) is 15.3. The predicted octanol–water partition coefficient (Wildman–Crippen LogP) is 1.77. The predicted molar refractivity (Wildman–Crippen MR) is 81.6 cm³/mol. The first-order valence-electron chi connectivity index (χ1n) is 7.87. The second-order valence-corrected chi connectivity index (χ2v) is 5.77. The molecule has 0 saturated carbocycles. The van der Waals surface area contributed by atoms with Gasteiger partial charge < -0.3 is 14.4 Å². The normalized spacial score (nSPS) is 16.3. The first-order valence-corrected chi connectivity index (χ1v) is 7.87. The van der Waals surface area contributed by atoms with E-state index >= 15 is 0 Å². The Morgan fingerprint density at radius 2 is 1.85 bits per heavy atom. The van der Waals surface area contributed by atoms with E-state index < -0.39 is 0 Å². The van der Waals surface area contributed by atoms with Gasteiger partial charge in [0.1, 0.15) is 18.8 Å². The number of benzene rings is 1. The highest BCUT2D eigenvalue weighted by atomic mass is 16.5. The van der Waals surface area contributed by atoms with Crippen LogP contribution in [0.3, 0.4) is 0 Å². The maximum absolute atomic E-state index is 5.81. The highest BCUT2D eigenvalue weighted by molar-refractivity contribution is 5.33. The van der Waals surface area contributed by atoms with Gasteiger partial charge in [-0.25, -0.2) is 0 Å². The molecule has 0 aliphatic carbocycles. The molecule has 3 nitrogen and oxygen atoms in total. The van der Waals surface area contributed by atoms with E-state index in [9.17, 15) is 0 Å². The maximum Gasteiger partial charge on any atom is 0.119 e. The lowest BCUT2D eigenvalue weighted by atomic mass is 10.1. The van der Waals surface area contributed by atoms with Gasteiger partial charge in [0.05, 0.1) is 26.4 Å². The van der Waals surface area contributed by atoms with Crippen molar-refractivity contribution in [2.24, 2.45) is 0 Å². The molecule has 1 fully saturated rings. The van der Waals surface area contributed by atoms with E-state index in [1.54, 1.807) is 4.90 Å². The third-order valence-corrected chi connectivity index (χ3v) is 4.12. The summed E-state index contributed by atoms with van der Waals surface area (Å²) in [4.78, 5) is 1.70. The summed E-state index contributed by atoms with van der Waals surface area (Å²) >= 11 is 0. The average molecular weight is 278 g/mol. The highest BCUT2D eigenvalue weighted by Crippen LogP contribution is 2.16. The Labute approximate surface area is 122 Å². The van der Waals surface area contributed by atoms with Crippen LogP contribution in [0.15, 0.2) is 18.2 Å². The summed E-state index contributed by atoms with van der Waals surface area (Å²) in [6.45, 7) is 10.6. The van der Waals surface area contributed by atoms with Crippen molar-refractivity contribution in [1.82, 2.24) is 0 Å². The third kappa shape index (κ3) is 5.14. The van der Waals surface area contributed by atoms with Crippen molar-refractivity contribution in [3.8, 4) is 5.75 Å². The van der Waals surface area contributed by atoms with Gasteiger partial charge in [0, 0.05) is 0 Å². The van der Waals surface area contributed by atoms with E-state index in [0.717, 1.165) is 32.0 Å². The number of rotatable bonds is 7. The Hall–Kier alpha value is -1.06. The van der Waals surface area contributed by atoms with Gasteiger partial charge in [-0.15, -0.1) is 0 Å². The SMILES string of the molecule is Cc1ccc(OCCCCC[NH+]2CCOCC2)cc1C. The van der Waals surface area contributed by atoms with E-state index in [2.05, 4.69) is 32.0 Å². The van der Waals surface area contributed by atoms with Crippen molar-refractivity contribution < 1.29 is 14.4 Å². The number of hydrogen-bond acceptors (Lipinski definition) is 2. The lowest BCUT2D eigenvalue weighted by Crippen LogP contribution is -3.14. The summed E-state index contributed by atoms with van der Waals surface area (Å²) in [6, 6.07) is 6.33. The molecule has 1 aliphatic heterocycles. The summed E-state index contributed by atoms with van der Waals surface area (Å²) in [5.74, 6) is 1.01. The Morgan fingerprint density at radius 3 is 2.60 bits per heavy atom. The monoisotopic (exact) mass is 278 g/mol. The lowest BCUT2D eigenvalue weighted by Gasteiger charge is -2.23. The van der Waals surface area contributed by atoms with Crippen molar-refractivity contribution in [3.05, 3.63) is 29.3 Å². The molecule has 0 atom stereocenters. The molecule has 0 unspecified atom stereocenters. The van der Waals surface area contributed by atoms with Gasteiger partial charge >= 0.3 is 0 Å². The summed E-state index contributed by atoms with van der Waals surface area (Å²) in [5, 5.41) is 0. The number of unbranched alkanes of at least 4 members (excludes halogenated alkanes) is 2. The van der Waals surface area contributed by atoms with Gasteiger partial charge in [-0.1, -0.05) is 6.07 Å². The van der Waals surface area contributed by atoms with Crippen LogP contribution >= 0.6 is 0 Å². The minimum atomic E-state index is 0.834. The van der Waals surface area contributed by atoms with Crippen LogP contribution in [0.2, 0.25) is 0 Å². The minimum Gasteiger partial charge on any atom is -0.494 e. The van der Waals surface area contributed by atoms with Crippen LogP contribution in [0, 0.1) is 13.8 Å². The molecule has 0 spiro atoms. The van der Waals surface area contributed by atoms with Crippen LogP contribution in [0.25, 0.3) is 0 Å². The second kappa shape index (κ2) is 8.28. The largest absolute Gasteiger partial charge is 0.494 e. The van der Waals surface area contributed by atoms with Gasteiger partial charge in [0.2, 0.25) is 0 Å². The van der Waals surface area contributed by atoms with E-state index in [4.69, 9.17) is 9.47 Å². The Balaban J connectivity index is 1.53. The number of aryl methyl sites for hydroxylation is 2. The molecule has 0 amide bonds. The van der Waals surface area contributed by atoms with Gasteiger partial charge in [-0.3, -0.25) is 0 Å². The average Bonchev–Trinajstić information content (AvgIpc) is 2.47. The van der Waals surface area contributed by atoms with E-state index in [1.807, 2.05) is 0 Å². The van der Waals surface area contributed by atoms with Crippen molar-refractivity contribution in [2.45, 2.75) is 33.1 Å². The molecule has 2 rings (SSSR count). The number of quaternary nitrogens is 1. The van der Waals surface area contributed by atoms with Gasteiger partial charge in [0.15, 0.2) is 0 Å². The summed E-state index contributed by atoms with van der Waals surface area (Å²) in [7, 11) is 0. The zero-order chi connectivity index (χ0) is 14.2. The molecule has 1 aliphatic rings. The Morgan fingerprint density at radius 1 is 1.05 bits per heavy atom. The van der Waals surface area contributed by atoms with E-state index in [1.165, 1.54) is 43.6 Å². The first-order chi connectivity index (χ1) is 9.75. The fourth-order valence-corrected chi connectivity index (χ4v) is 2.56. The zero-order valence-corrected chi connectivity index (χ0v) is 12.9. The molecule has 3 heteroatoms. The van der Waals surface area contributed by atoms with Crippen LogP contribution in [0.5, 0.6) is 5.75 Å². The minimum absolute atomic E-state index is 0.834. The van der Waals surface area contributed by atoms with E-state index in [-0.39, 0.29) is 0 Å². The standard InChI is InChI=1S/C17H27NO2/c1-15-6-7-17(14-16(15)2)20-11-5-3-4-8-18-9-12-19-13-10-18/h6-7,14H,3-5,8-13H2,1-2H3/p+1. The van der Waals surface area contributed by atoms with Crippen molar-refractivity contribution in [1.29, 1.82) is 0 Å². The molecule has 1 saturated heterocycles. The maximum atomic E-state index is 5.81. The molecular formula is C17H28NO2+. The molecular weight excluding hydrogens is 250 g/mol. The molecule has 1 N–H and O–H groups in total. The van der Waals surface area contributed by atoms with Gasteiger partial charge in [-0.05, 0) is 56.4 Å². The fraction of sp³-hybridized carbons (Fsp3) is 0.647. The zero-order valence-electron chi connectivity index (χ0n) is 12.9. The smallest absolute Gasteiger partial charge is 0.119 e. The van der Waals surface area contributed by atoms with Crippen molar-refractivity contribution >= 4 is 0 Å². The molecule has 0 aromatic heterocycles. The van der Waals surface area contributed by atoms with Crippen LogP contribution in [0.1, 0.15) is 30.4 Å². The molecule has 1 heterocycles.